The van der Waals surface area contributed by atoms with Crippen LogP contribution in [0.4, 0.5) is 4.79 Å². The van der Waals surface area contributed by atoms with Crippen molar-refractivity contribution in [3.8, 4) is 0 Å². The molecule has 5 nitrogen and oxygen atoms in total. The summed E-state index contributed by atoms with van der Waals surface area (Å²) in [6.45, 7) is 0.602. The highest BCUT2D eigenvalue weighted by molar-refractivity contribution is 6.67. The Labute approximate surface area is 147 Å². The molecule has 0 N–H and O–H groups in total. The van der Waals surface area contributed by atoms with E-state index in [0.29, 0.717) is 25.4 Å². The molecule has 23 heavy (non-hydrogen) atoms. The molecule has 2 aromatic rings. The van der Waals surface area contributed by atoms with Gasteiger partial charge in [-0.15, -0.1) is 0 Å². The molecule has 0 saturated carbocycles. The zero-order chi connectivity index (χ0) is 16.4. The number of hydrogen-bond donors (Lipinski definition) is 0. The van der Waals surface area contributed by atoms with Gasteiger partial charge in [0.1, 0.15) is 12.1 Å². The van der Waals surface area contributed by atoms with Crippen LogP contribution in [0.15, 0.2) is 34.8 Å². The molecule has 1 aromatic carbocycles. The number of nitrogens with zero attached hydrogens (tertiary/aromatic N) is 2. The lowest BCUT2D eigenvalue weighted by molar-refractivity contribution is 0.108. The molecule has 1 amide bonds. The van der Waals surface area contributed by atoms with Gasteiger partial charge in [0, 0.05) is 18.7 Å². The van der Waals surface area contributed by atoms with Crippen molar-refractivity contribution in [1.29, 1.82) is 0 Å². The van der Waals surface area contributed by atoms with Crippen LogP contribution in [0.3, 0.4) is 0 Å². The van der Waals surface area contributed by atoms with Crippen molar-refractivity contribution in [2.45, 2.75) is 10.2 Å². The van der Waals surface area contributed by atoms with Gasteiger partial charge in [-0.25, -0.2) is 9.78 Å². The van der Waals surface area contributed by atoms with E-state index in [1.54, 1.807) is 0 Å². The summed E-state index contributed by atoms with van der Waals surface area (Å²) in [5.41, 5.74) is 2.52. The molecule has 8 heteroatoms. The predicted octanol–water partition coefficient (Wildman–Crippen LogP) is 4.42. The lowest BCUT2D eigenvalue weighted by atomic mass is 10.1. The lowest BCUT2D eigenvalue weighted by Gasteiger charge is -2.25. The molecule has 3 rings (SSSR count). The molecule has 122 valence electrons. The van der Waals surface area contributed by atoms with Crippen LogP contribution in [0, 0.1) is 0 Å². The van der Waals surface area contributed by atoms with Gasteiger partial charge in [-0.05, 0) is 18.6 Å². The number of para-hydroxylation sites is 2. The standard InChI is InChI=1S/C15H13Cl3N2O3/c16-15(17,18)9-22-14(21)20-7-5-10(6-8-20)13-19-11-3-1-2-4-12(11)23-13/h1-5H,6-9H2. The summed E-state index contributed by atoms with van der Waals surface area (Å²) in [5, 5.41) is 0. The Bertz CT molecular complexity index is 719. The number of amides is 1. The Hall–Kier alpha value is -1.43. The van der Waals surface area contributed by atoms with Crippen LogP contribution in [-0.2, 0) is 4.74 Å². The number of halogens is 3. The van der Waals surface area contributed by atoms with Gasteiger partial charge in [0.2, 0.25) is 9.68 Å². The molecule has 0 atom stereocenters. The van der Waals surface area contributed by atoms with Crippen LogP contribution < -0.4 is 0 Å². The van der Waals surface area contributed by atoms with Crippen molar-refractivity contribution >= 4 is 57.6 Å². The summed E-state index contributed by atoms with van der Waals surface area (Å²) in [6.07, 6.45) is 2.00. The number of ether oxygens (including phenoxy) is 1. The highest BCUT2D eigenvalue weighted by Crippen LogP contribution is 2.28. The molecule has 0 spiro atoms. The van der Waals surface area contributed by atoms with Gasteiger partial charge in [0.05, 0.1) is 0 Å². The van der Waals surface area contributed by atoms with E-state index in [1.165, 1.54) is 4.90 Å². The first kappa shape index (κ1) is 16.4. The van der Waals surface area contributed by atoms with E-state index in [0.717, 1.165) is 16.7 Å². The van der Waals surface area contributed by atoms with Gasteiger partial charge in [-0.1, -0.05) is 53.0 Å². The fourth-order valence-corrected chi connectivity index (χ4v) is 2.44. The number of carbonyl (C=O) groups excluding carboxylic acids is 1. The lowest BCUT2D eigenvalue weighted by Crippen LogP contribution is -2.36. The second kappa shape index (κ2) is 6.59. The maximum absolute atomic E-state index is 11.9. The number of fused-ring (bicyclic) bond motifs is 1. The Morgan fingerprint density at radius 3 is 2.78 bits per heavy atom. The van der Waals surface area contributed by atoms with E-state index in [2.05, 4.69) is 4.98 Å². The van der Waals surface area contributed by atoms with Crippen molar-refractivity contribution in [2.24, 2.45) is 0 Å². The molecular weight excluding hydrogens is 363 g/mol. The first-order valence-electron chi connectivity index (χ1n) is 6.96. The molecule has 0 unspecified atom stereocenters. The van der Waals surface area contributed by atoms with E-state index in [9.17, 15) is 4.79 Å². The molecule has 0 radical (unpaired) electrons. The normalized spacial score (nSPS) is 15.6. The Kier molecular flexibility index (Phi) is 4.71. The van der Waals surface area contributed by atoms with Crippen LogP contribution in [0.2, 0.25) is 0 Å². The van der Waals surface area contributed by atoms with Crippen LogP contribution >= 0.6 is 34.8 Å². The largest absolute Gasteiger partial charge is 0.445 e. The molecule has 1 aliphatic heterocycles. The maximum Gasteiger partial charge on any atom is 0.410 e. The quantitative estimate of drug-likeness (QED) is 0.729. The topological polar surface area (TPSA) is 55.6 Å². The predicted molar refractivity (Wildman–Crippen MR) is 89.8 cm³/mol. The minimum absolute atomic E-state index is 0.283. The summed E-state index contributed by atoms with van der Waals surface area (Å²) in [5.74, 6) is 0.584. The Balaban J connectivity index is 1.65. The summed E-state index contributed by atoms with van der Waals surface area (Å²) >= 11 is 16.7. The second-order valence-electron chi connectivity index (χ2n) is 5.08. The smallest absolute Gasteiger partial charge is 0.410 e. The number of aromatic nitrogens is 1. The van der Waals surface area contributed by atoms with E-state index in [-0.39, 0.29) is 6.61 Å². The first-order chi connectivity index (χ1) is 10.9. The second-order valence-corrected chi connectivity index (χ2v) is 7.60. The molecule has 0 fully saturated rings. The number of carbonyl (C=O) groups is 1. The van der Waals surface area contributed by atoms with E-state index in [1.807, 2.05) is 30.3 Å². The summed E-state index contributed by atoms with van der Waals surface area (Å²) < 4.78 is 9.08. The molecule has 0 saturated heterocycles. The third-order valence-corrected chi connectivity index (χ3v) is 3.72. The SMILES string of the molecule is O=C(OCC(Cl)(Cl)Cl)N1CC=C(c2nc3ccccc3o2)CC1. The average Bonchev–Trinajstić information content (AvgIpc) is 2.96. The molecule has 2 heterocycles. The van der Waals surface area contributed by atoms with Gasteiger partial charge < -0.3 is 14.1 Å². The van der Waals surface area contributed by atoms with E-state index < -0.39 is 9.89 Å². The van der Waals surface area contributed by atoms with Crippen molar-refractivity contribution in [1.82, 2.24) is 9.88 Å². The number of oxazole rings is 1. The average molecular weight is 376 g/mol. The summed E-state index contributed by atoms with van der Waals surface area (Å²) in [4.78, 5) is 17.9. The third kappa shape index (κ3) is 4.10. The number of benzene rings is 1. The number of hydrogen-bond acceptors (Lipinski definition) is 4. The third-order valence-electron chi connectivity index (χ3n) is 3.40. The monoisotopic (exact) mass is 374 g/mol. The van der Waals surface area contributed by atoms with Gasteiger partial charge in [0.25, 0.3) is 0 Å². The van der Waals surface area contributed by atoms with Gasteiger partial charge in [-0.3, -0.25) is 0 Å². The van der Waals surface area contributed by atoms with Crippen molar-refractivity contribution in [3.05, 3.63) is 36.2 Å². The minimum Gasteiger partial charge on any atom is -0.445 e. The molecule has 1 aromatic heterocycles. The van der Waals surface area contributed by atoms with E-state index >= 15 is 0 Å². The zero-order valence-electron chi connectivity index (χ0n) is 12.0. The van der Waals surface area contributed by atoms with Gasteiger partial charge in [-0.2, -0.15) is 0 Å². The number of alkyl halides is 3. The van der Waals surface area contributed by atoms with Crippen molar-refractivity contribution < 1.29 is 13.9 Å². The fourth-order valence-electron chi connectivity index (χ4n) is 2.27. The van der Waals surface area contributed by atoms with Gasteiger partial charge >= 0.3 is 6.09 Å². The highest BCUT2D eigenvalue weighted by Gasteiger charge is 2.26. The van der Waals surface area contributed by atoms with Crippen LogP contribution in [-0.4, -0.2) is 39.5 Å². The molecule has 0 aliphatic carbocycles. The Morgan fingerprint density at radius 2 is 2.13 bits per heavy atom. The fraction of sp³-hybridized carbons (Fsp3) is 0.333. The molecular formula is C15H13Cl3N2O3. The van der Waals surface area contributed by atoms with Crippen molar-refractivity contribution in [3.63, 3.8) is 0 Å². The summed E-state index contributed by atoms with van der Waals surface area (Å²) in [7, 11) is 0. The zero-order valence-corrected chi connectivity index (χ0v) is 14.2. The minimum atomic E-state index is -1.61. The Morgan fingerprint density at radius 1 is 1.35 bits per heavy atom. The summed E-state index contributed by atoms with van der Waals surface area (Å²) in [6, 6.07) is 7.57. The molecule has 0 bridgehead atoms. The van der Waals surface area contributed by atoms with Crippen molar-refractivity contribution in [2.75, 3.05) is 19.7 Å². The molecule has 1 aliphatic rings. The van der Waals surface area contributed by atoms with Crippen LogP contribution in [0.25, 0.3) is 16.7 Å². The van der Waals surface area contributed by atoms with Gasteiger partial charge in [0.15, 0.2) is 5.58 Å². The first-order valence-corrected chi connectivity index (χ1v) is 8.09. The van der Waals surface area contributed by atoms with E-state index in [4.69, 9.17) is 44.0 Å². The highest BCUT2D eigenvalue weighted by atomic mass is 35.6. The van der Waals surface area contributed by atoms with Crippen LogP contribution in [0.5, 0.6) is 0 Å². The number of rotatable bonds is 2. The van der Waals surface area contributed by atoms with Crippen LogP contribution in [0.1, 0.15) is 12.3 Å². The maximum atomic E-state index is 11.9.